The molecule has 34 heavy (non-hydrogen) atoms. The maximum Gasteiger partial charge on any atom is 0.244 e. The molecule has 0 bridgehead atoms. The molecule has 2 rings (SSSR count). The van der Waals surface area contributed by atoms with Gasteiger partial charge < -0.3 is 15.0 Å². The van der Waals surface area contributed by atoms with Gasteiger partial charge in [-0.05, 0) is 57.0 Å². The number of aryl methyl sites for hydroxylation is 1. The number of carbonyl (C=O) groups excluding carboxylic acids is 2. The van der Waals surface area contributed by atoms with Crippen LogP contribution in [0.2, 0.25) is 0 Å². The van der Waals surface area contributed by atoms with E-state index in [1.807, 2.05) is 52.0 Å². The van der Waals surface area contributed by atoms with Gasteiger partial charge in [0.2, 0.25) is 21.8 Å². The van der Waals surface area contributed by atoms with Crippen molar-refractivity contribution in [1.82, 2.24) is 10.2 Å². The van der Waals surface area contributed by atoms with Crippen LogP contribution >= 0.6 is 0 Å². The van der Waals surface area contributed by atoms with Crippen molar-refractivity contribution in [2.75, 3.05) is 24.2 Å². The van der Waals surface area contributed by atoms with Crippen LogP contribution in [0, 0.1) is 6.92 Å². The summed E-state index contributed by atoms with van der Waals surface area (Å²) in [4.78, 5) is 28.0. The van der Waals surface area contributed by atoms with Gasteiger partial charge in [0.15, 0.2) is 0 Å². The largest absolute Gasteiger partial charge is 0.497 e. The molecule has 0 fully saturated rings. The standard InChI is InChI=1S/C25H35N3O5S/c1-7-23(25(30)26-18(2)3)27(16-20-10-8-19(4)9-11-20)24(29)17-28(34(6,31)32)21-12-14-22(33-5)15-13-21/h8-15,18,23H,7,16-17H2,1-6H3,(H,26,30). The van der Waals surface area contributed by atoms with Gasteiger partial charge in [0.05, 0.1) is 19.1 Å². The summed E-state index contributed by atoms with van der Waals surface area (Å²) in [5, 5.41) is 2.87. The molecule has 0 spiro atoms. The summed E-state index contributed by atoms with van der Waals surface area (Å²) >= 11 is 0. The highest BCUT2D eigenvalue weighted by atomic mass is 32.2. The van der Waals surface area contributed by atoms with E-state index in [1.54, 1.807) is 24.3 Å². The monoisotopic (exact) mass is 489 g/mol. The van der Waals surface area contributed by atoms with E-state index in [-0.39, 0.29) is 18.5 Å². The number of nitrogens with one attached hydrogen (secondary N) is 1. The number of sulfonamides is 1. The van der Waals surface area contributed by atoms with E-state index >= 15 is 0 Å². The number of rotatable bonds is 11. The molecular formula is C25H35N3O5S. The van der Waals surface area contributed by atoms with Gasteiger partial charge in [-0.25, -0.2) is 8.42 Å². The molecule has 1 unspecified atom stereocenters. The van der Waals surface area contributed by atoms with Crippen molar-refractivity contribution in [2.24, 2.45) is 0 Å². The molecule has 0 aliphatic carbocycles. The van der Waals surface area contributed by atoms with Crippen LogP contribution in [0.25, 0.3) is 0 Å². The molecule has 1 N–H and O–H groups in total. The molecule has 0 aliphatic heterocycles. The van der Waals surface area contributed by atoms with Crippen molar-refractivity contribution in [2.45, 2.75) is 52.7 Å². The van der Waals surface area contributed by atoms with E-state index in [1.165, 1.54) is 12.0 Å². The van der Waals surface area contributed by atoms with Gasteiger partial charge in [-0.2, -0.15) is 0 Å². The summed E-state index contributed by atoms with van der Waals surface area (Å²) in [7, 11) is -2.26. The molecule has 8 nitrogen and oxygen atoms in total. The lowest BCUT2D eigenvalue weighted by Crippen LogP contribution is -2.53. The number of anilines is 1. The fourth-order valence-electron chi connectivity index (χ4n) is 3.55. The zero-order valence-corrected chi connectivity index (χ0v) is 21.6. The minimum atomic E-state index is -3.77. The summed E-state index contributed by atoms with van der Waals surface area (Å²) < 4.78 is 31.4. The second-order valence-corrected chi connectivity index (χ2v) is 10.5. The number of nitrogens with zero attached hydrogens (tertiary/aromatic N) is 2. The first-order chi connectivity index (χ1) is 16.0. The minimum Gasteiger partial charge on any atom is -0.497 e. The summed E-state index contributed by atoms with van der Waals surface area (Å²) in [5.74, 6) is -0.165. The van der Waals surface area contributed by atoms with Gasteiger partial charge in [-0.15, -0.1) is 0 Å². The first-order valence-corrected chi connectivity index (χ1v) is 13.1. The summed E-state index contributed by atoms with van der Waals surface area (Å²) in [6, 6.07) is 13.3. The average molecular weight is 490 g/mol. The Labute approximate surface area is 202 Å². The van der Waals surface area contributed by atoms with Crippen LogP contribution < -0.4 is 14.4 Å². The number of methoxy groups -OCH3 is 1. The van der Waals surface area contributed by atoms with E-state index in [0.29, 0.717) is 17.9 Å². The minimum absolute atomic E-state index is 0.0929. The van der Waals surface area contributed by atoms with Crippen LogP contribution in [0.3, 0.4) is 0 Å². The van der Waals surface area contributed by atoms with E-state index in [2.05, 4.69) is 5.32 Å². The van der Waals surface area contributed by atoms with Crippen LogP contribution in [-0.2, 0) is 26.2 Å². The molecule has 2 amide bonds. The van der Waals surface area contributed by atoms with Gasteiger partial charge in [0, 0.05) is 12.6 Å². The predicted octanol–water partition coefficient (Wildman–Crippen LogP) is 3.10. The Balaban J connectivity index is 2.42. The van der Waals surface area contributed by atoms with Crippen LogP contribution in [0.4, 0.5) is 5.69 Å². The first-order valence-electron chi connectivity index (χ1n) is 11.2. The van der Waals surface area contributed by atoms with Crippen molar-refractivity contribution in [3.05, 3.63) is 59.7 Å². The molecule has 186 valence electrons. The van der Waals surface area contributed by atoms with E-state index in [4.69, 9.17) is 4.74 Å². The van der Waals surface area contributed by atoms with E-state index < -0.39 is 28.5 Å². The van der Waals surface area contributed by atoms with Crippen molar-refractivity contribution in [3.8, 4) is 5.75 Å². The van der Waals surface area contributed by atoms with Crippen LogP contribution in [-0.4, -0.2) is 57.1 Å². The Bertz CT molecular complexity index is 1070. The summed E-state index contributed by atoms with van der Waals surface area (Å²) in [5.41, 5.74) is 2.27. The number of benzene rings is 2. The molecule has 0 aliphatic rings. The summed E-state index contributed by atoms with van der Waals surface area (Å²) in [6.07, 6.45) is 1.44. The Morgan fingerprint density at radius 3 is 2.09 bits per heavy atom. The fourth-order valence-corrected chi connectivity index (χ4v) is 4.40. The Morgan fingerprint density at radius 1 is 1.03 bits per heavy atom. The number of ether oxygens (including phenoxy) is 1. The zero-order valence-electron chi connectivity index (χ0n) is 20.7. The van der Waals surface area contributed by atoms with Crippen molar-refractivity contribution < 1.29 is 22.7 Å². The first kappa shape index (κ1) is 27.2. The van der Waals surface area contributed by atoms with E-state index in [9.17, 15) is 18.0 Å². The topological polar surface area (TPSA) is 96.0 Å². The lowest BCUT2D eigenvalue weighted by molar-refractivity contribution is -0.140. The van der Waals surface area contributed by atoms with Gasteiger partial charge in [-0.3, -0.25) is 13.9 Å². The predicted molar refractivity (Wildman–Crippen MR) is 134 cm³/mol. The smallest absolute Gasteiger partial charge is 0.244 e. The second-order valence-electron chi connectivity index (χ2n) is 8.56. The van der Waals surface area contributed by atoms with Crippen LogP contribution in [0.15, 0.2) is 48.5 Å². The lowest BCUT2D eigenvalue weighted by Gasteiger charge is -2.33. The molecule has 2 aromatic carbocycles. The number of carbonyl (C=O) groups is 2. The highest BCUT2D eigenvalue weighted by molar-refractivity contribution is 7.92. The normalized spacial score (nSPS) is 12.2. The van der Waals surface area contributed by atoms with E-state index in [0.717, 1.165) is 21.7 Å². The molecule has 1 atom stereocenters. The Morgan fingerprint density at radius 2 is 1.62 bits per heavy atom. The molecule has 9 heteroatoms. The maximum absolute atomic E-state index is 13.6. The van der Waals surface area contributed by atoms with Crippen molar-refractivity contribution in [3.63, 3.8) is 0 Å². The highest BCUT2D eigenvalue weighted by Crippen LogP contribution is 2.22. The number of amides is 2. The maximum atomic E-state index is 13.6. The number of hydrogen-bond acceptors (Lipinski definition) is 5. The Kier molecular flexibility index (Phi) is 9.49. The highest BCUT2D eigenvalue weighted by Gasteiger charge is 2.31. The van der Waals surface area contributed by atoms with Gasteiger partial charge >= 0.3 is 0 Å². The number of hydrogen-bond donors (Lipinski definition) is 1. The molecular weight excluding hydrogens is 454 g/mol. The average Bonchev–Trinajstić information content (AvgIpc) is 2.77. The van der Waals surface area contributed by atoms with Gasteiger partial charge in [-0.1, -0.05) is 36.8 Å². The fraction of sp³-hybridized carbons (Fsp3) is 0.440. The zero-order chi connectivity index (χ0) is 25.5. The van der Waals surface area contributed by atoms with Crippen LogP contribution in [0.5, 0.6) is 5.75 Å². The molecule has 0 aromatic heterocycles. The lowest BCUT2D eigenvalue weighted by atomic mass is 10.1. The third kappa shape index (κ3) is 7.48. The van der Waals surface area contributed by atoms with Crippen molar-refractivity contribution in [1.29, 1.82) is 0 Å². The molecule has 0 radical (unpaired) electrons. The SMILES string of the molecule is CCC(C(=O)NC(C)C)N(Cc1ccc(C)cc1)C(=O)CN(c1ccc(OC)cc1)S(C)(=O)=O. The molecule has 0 heterocycles. The summed E-state index contributed by atoms with van der Waals surface area (Å²) in [6.45, 7) is 7.26. The third-order valence-electron chi connectivity index (χ3n) is 5.33. The van der Waals surface area contributed by atoms with Gasteiger partial charge in [0.25, 0.3) is 0 Å². The molecule has 0 saturated carbocycles. The second kappa shape index (κ2) is 11.9. The third-order valence-corrected chi connectivity index (χ3v) is 6.47. The van der Waals surface area contributed by atoms with Gasteiger partial charge in [0.1, 0.15) is 18.3 Å². The van der Waals surface area contributed by atoms with Crippen LogP contribution in [0.1, 0.15) is 38.3 Å². The van der Waals surface area contributed by atoms with Crippen molar-refractivity contribution >= 4 is 27.5 Å². The molecule has 0 saturated heterocycles. The Hall–Kier alpha value is -3.07. The molecule has 2 aromatic rings. The quantitative estimate of drug-likeness (QED) is 0.523.